The van der Waals surface area contributed by atoms with E-state index in [1.165, 1.54) is 0 Å². The minimum atomic E-state index is -0.247. The first-order valence-electron chi connectivity index (χ1n) is 8.05. The summed E-state index contributed by atoms with van der Waals surface area (Å²) in [5.74, 6) is 1.73. The third-order valence-electron chi connectivity index (χ3n) is 3.97. The van der Waals surface area contributed by atoms with Crippen molar-refractivity contribution < 1.29 is 13.9 Å². The summed E-state index contributed by atoms with van der Waals surface area (Å²) in [6, 6.07) is 7.15. The second kappa shape index (κ2) is 7.94. The first kappa shape index (κ1) is 16.5. The van der Waals surface area contributed by atoms with E-state index in [0.717, 1.165) is 24.6 Å². The maximum absolute atomic E-state index is 12.1. The topological polar surface area (TPSA) is 79.6 Å². The second-order valence-corrected chi connectivity index (χ2v) is 5.68. The Morgan fingerprint density at radius 1 is 1.25 bits per heavy atom. The van der Waals surface area contributed by atoms with E-state index in [2.05, 4.69) is 20.5 Å². The van der Waals surface area contributed by atoms with Gasteiger partial charge in [-0.05, 0) is 31.2 Å². The highest BCUT2D eigenvalue weighted by Gasteiger charge is 2.25. The Morgan fingerprint density at radius 2 is 2.00 bits per heavy atom. The standard InChI is InChI=1S/C17H22N4O3/c1-13-2-3-16(24-13)15(21-8-10-23-11-9-21)12-19-17(22)20-14-4-6-18-7-5-14/h2-7,15H,8-12H2,1H3,(H2,18,19,20,22)/t15-/m1/s1. The van der Waals surface area contributed by atoms with Crippen molar-refractivity contribution in [2.24, 2.45) is 0 Å². The lowest BCUT2D eigenvalue weighted by Gasteiger charge is -2.33. The zero-order valence-electron chi connectivity index (χ0n) is 13.7. The van der Waals surface area contributed by atoms with E-state index in [9.17, 15) is 4.79 Å². The number of hydrogen-bond acceptors (Lipinski definition) is 5. The van der Waals surface area contributed by atoms with Gasteiger partial charge < -0.3 is 19.8 Å². The van der Waals surface area contributed by atoms with Gasteiger partial charge in [0.05, 0.1) is 19.3 Å². The fourth-order valence-corrected chi connectivity index (χ4v) is 2.73. The molecule has 1 aliphatic rings. The Morgan fingerprint density at radius 3 is 2.67 bits per heavy atom. The Bertz CT molecular complexity index is 653. The number of amides is 2. The lowest BCUT2D eigenvalue weighted by atomic mass is 10.1. The zero-order valence-corrected chi connectivity index (χ0v) is 13.7. The molecule has 0 aliphatic carbocycles. The van der Waals surface area contributed by atoms with E-state index in [0.29, 0.717) is 25.4 Å². The van der Waals surface area contributed by atoms with Crippen LogP contribution in [0.1, 0.15) is 17.6 Å². The molecule has 0 unspecified atom stereocenters. The van der Waals surface area contributed by atoms with Crippen LogP contribution in [0.25, 0.3) is 0 Å². The van der Waals surface area contributed by atoms with Crippen molar-refractivity contribution in [3.05, 3.63) is 48.2 Å². The van der Waals surface area contributed by atoms with Crippen LogP contribution in [0.15, 0.2) is 41.1 Å². The molecule has 2 aromatic rings. The molecule has 2 N–H and O–H groups in total. The predicted molar refractivity (Wildman–Crippen MR) is 89.8 cm³/mol. The van der Waals surface area contributed by atoms with Crippen LogP contribution in [-0.4, -0.2) is 48.8 Å². The number of rotatable bonds is 5. The fourth-order valence-electron chi connectivity index (χ4n) is 2.73. The molecule has 1 fully saturated rings. The minimum absolute atomic E-state index is 0.00853. The van der Waals surface area contributed by atoms with Crippen LogP contribution in [0.4, 0.5) is 10.5 Å². The minimum Gasteiger partial charge on any atom is -0.465 e. The number of urea groups is 1. The summed E-state index contributed by atoms with van der Waals surface area (Å²) in [5, 5.41) is 5.72. The number of furan rings is 1. The van der Waals surface area contributed by atoms with Crippen molar-refractivity contribution in [2.75, 3.05) is 38.2 Å². The monoisotopic (exact) mass is 330 g/mol. The Kier molecular flexibility index (Phi) is 5.45. The lowest BCUT2D eigenvalue weighted by Crippen LogP contribution is -2.44. The highest BCUT2D eigenvalue weighted by atomic mass is 16.5. The van der Waals surface area contributed by atoms with Crippen molar-refractivity contribution in [1.29, 1.82) is 0 Å². The van der Waals surface area contributed by atoms with Crippen molar-refractivity contribution in [1.82, 2.24) is 15.2 Å². The third-order valence-corrected chi connectivity index (χ3v) is 3.97. The molecule has 3 heterocycles. The molecular weight excluding hydrogens is 308 g/mol. The molecule has 24 heavy (non-hydrogen) atoms. The number of pyridine rings is 1. The Balaban J connectivity index is 1.62. The number of carbonyl (C=O) groups excluding carboxylic acids is 1. The van der Waals surface area contributed by atoms with Crippen molar-refractivity contribution in [3.8, 4) is 0 Å². The molecule has 2 aromatic heterocycles. The van der Waals surface area contributed by atoms with E-state index in [-0.39, 0.29) is 12.1 Å². The van der Waals surface area contributed by atoms with Gasteiger partial charge >= 0.3 is 6.03 Å². The normalized spacial score (nSPS) is 16.5. The summed E-state index contributed by atoms with van der Waals surface area (Å²) in [6.45, 7) is 5.41. The smallest absolute Gasteiger partial charge is 0.319 e. The number of aromatic nitrogens is 1. The molecule has 7 nitrogen and oxygen atoms in total. The molecule has 3 rings (SSSR count). The van der Waals surface area contributed by atoms with Crippen molar-refractivity contribution in [2.45, 2.75) is 13.0 Å². The first-order chi connectivity index (χ1) is 11.7. The predicted octanol–water partition coefficient (Wildman–Crippen LogP) is 2.18. The Labute approximate surface area is 141 Å². The molecule has 7 heteroatoms. The molecule has 0 saturated carbocycles. The summed E-state index contributed by atoms with van der Waals surface area (Å²) in [6.07, 6.45) is 3.27. The Hall–Kier alpha value is -2.38. The molecule has 1 atom stereocenters. The molecule has 1 saturated heterocycles. The van der Waals surface area contributed by atoms with Crippen molar-refractivity contribution in [3.63, 3.8) is 0 Å². The molecule has 0 aromatic carbocycles. The van der Waals surface area contributed by atoms with Crippen LogP contribution >= 0.6 is 0 Å². The average Bonchev–Trinajstić information content (AvgIpc) is 3.03. The zero-order chi connectivity index (χ0) is 16.8. The van der Waals surface area contributed by atoms with E-state index in [4.69, 9.17) is 9.15 Å². The van der Waals surface area contributed by atoms with Gasteiger partial charge in [0.2, 0.25) is 0 Å². The number of aryl methyl sites for hydroxylation is 1. The molecule has 0 spiro atoms. The lowest BCUT2D eigenvalue weighted by molar-refractivity contribution is 0.0122. The second-order valence-electron chi connectivity index (χ2n) is 5.68. The van der Waals surface area contributed by atoms with Gasteiger partial charge in [0.1, 0.15) is 11.5 Å². The van der Waals surface area contributed by atoms with Crippen LogP contribution in [-0.2, 0) is 4.74 Å². The SMILES string of the molecule is Cc1ccc([C@@H](CNC(=O)Nc2ccncc2)N2CCOCC2)o1. The van der Waals surface area contributed by atoms with Gasteiger partial charge in [0, 0.05) is 37.7 Å². The summed E-state index contributed by atoms with van der Waals surface area (Å²) in [5.41, 5.74) is 0.708. The molecule has 0 bridgehead atoms. The average molecular weight is 330 g/mol. The summed E-state index contributed by atoms with van der Waals surface area (Å²) in [7, 11) is 0. The summed E-state index contributed by atoms with van der Waals surface area (Å²) < 4.78 is 11.2. The van der Waals surface area contributed by atoms with Gasteiger partial charge in [0.25, 0.3) is 0 Å². The number of nitrogens with zero attached hydrogens (tertiary/aromatic N) is 2. The van der Waals surface area contributed by atoms with Gasteiger partial charge in [-0.1, -0.05) is 0 Å². The molecule has 0 radical (unpaired) electrons. The number of ether oxygens (including phenoxy) is 1. The number of carbonyl (C=O) groups is 1. The number of anilines is 1. The van der Waals surface area contributed by atoms with Gasteiger partial charge in [0.15, 0.2) is 0 Å². The van der Waals surface area contributed by atoms with Crippen LogP contribution in [0.2, 0.25) is 0 Å². The highest BCUT2D eigenvalue weighted by molar-refractivity contribution is 5.89. The van der Waals surface area contributed by atoms with Crippen LogP contribution in [0.3, 0.4) is 0 Å². The maximum atomic E-state index is 12.1. The molecule has 2 amide bonds. The van der Waals surface area contributed by atoms with E-state index in [1.54, 1.807) is 24.5 Å². The van der Waals surface area contributed by atoms with Crippen molar-refractivity contribution >= 4 is 11.7 Å². The van der Waals surface area contributed by atoms with Crippen LogP contribution in [0, 0.1) is 6.92 Å². The summed E-state index contributed by atoms with van der Waals surface area (Å²) in [4.78, 5) is 18.3. The van der Waals surface area contributed by atoms with E-state index >= 15 is 0 Å². The maximum Gasteiger partial charge on any atom is 0.319 e. The van der Waals surface area contributed by atoms with Gasteiger partial charge in [-0.2, -0.15) is 0 Å². The fraction of sp³-hybridized carbons (Fsp3) is 0.412. The number of nitrogens with one attached hydrogen (secondary N) is 2. The van der Waals surface area contributed by atoms with Gasteiger partial charge in [-0.15, -0.1) is 0 Å². The third kappa shape index (κ3) is 4.33. The van der Waals surface area contributed by atoms with E-state index < -0.39 is 0 Å². The van der Waals surface area contributed by atoms with Gasteiger partial charge in [-0.3, -0.25) is 9.88 Å². The number of hydrogen-bond donors (Lipinski definition) is 2. The first-order valence-corrected chi connectivity index (χ1v) is 8.05. The molecule has 1 aliphatic heterocycles. The summed E-state index contributed by atoms with van der Waals surface area (Å²) >= 11 is 0. The molecule has 128 valence electrons. The van der Waals surface area contributed by atoms with Crippen LogP contribution in [0.5, 0.6) is 0 Å². The van der Waals surface area contributed by atoms with Gasteiger partial charge in [-0.25, -0.2) is 4.79 Å². The largest absolute Gasteiger partial charge is 0.465 e. The quantitative estimate of drug-likeness (QED) is 0.878. The highest BCUT2D eigenvalue weighted by Crippen LogP contribution is 2.23. The molecular formula is C17H22N4O3. The van der Waals surface area contributed by atoms with Crippen LogP contribution < -0.4 is 10.6 Å². The van der Waals surface area contributed by atoms with E-state index in [1.807, 2.05) is 19.1 Å². The number of morpholine rings is 1.